The molecule has 1 aliphatic rings. The maximum Gasteiger partial charge on any atom is 0.272 e. The van der Waals surface area contributed by atoms with Crippen LogP contribution in [0.2, 0.25) is 0 Å². The van der Waals surface area contributed by atoms with Crippen LogP contribution in [-0.2, 0) is 16.4 Å². The quantitative estimate of drug-likeness (QED) is 0.750. The van der Waals surface area contributed by atoms with E-state index >= 15 is 0 Å². The first-order valence-corrected chi connectivity index (χ1v) is 10.8. The predicted molar refractivity (Wildman–Crippen MR) is 104 cm³/mol. The van der Waals surface area contributed by atoms with Crippen LogP contribution in [0.25, 0.3) is 0 Å². The third-order valence-electron chi connectivity index (χ3n) is 4.78. The van der Waals surface area contributed by atoms with Gasteiger partial charge in [0.05, 0.1) is 11.5 Å². The number of rotatable bonds is 6. The molecule has 1 fully saturated rings. The second-order valence-electron chi connectivity index (χ2n) is 6.75. The zero-order chi connectivity index (χ0) is 19.4. The molecular formula is C19H24N4O3S. The van der Waals surface area contributed by atoms with Crippen molar-refractivity contribution in [2.45, 2.75) is 25.9 Å². The van der Waals surface area contributed by atoms with Gasteiger partial charge in [-0.3, -0.25) is 4.79 Å². The molecule has 1 aliphatic heterocycles. The number of anilines is 1. The van der Waals surface area contributed by atoms with Gasteiger partial charge in [-0.05, 0) is 18.9 Å². The first-order valence-electron chi connectivity index (χ1n) is 8.98. The monoisotopic (exact) mass is 388 g/mol. The SMILES string of the molecule is CCN(C(=O)c1cc(N(C)Cc2ccccc2)ncn1)C1CCS(=O)(=O)C1. The number of amides is 1. The highest BCUT2D eigenvalue weighted by Crippen LogP contribution is 2.20. The van der Waals surface area contributed by atoms with Gasteiger partial charge in [-0.25, -0.2) is 18.4 Å². The molecule has 0 radical (unpaired) electrons. The van der Waals surface area contributed by atoms with Crippen molar-refractivity contribution in [2.75, 3.05) is 30.0 Å². The van der Waals surface area contributed by atoms with E-state index < -0.39 is 9.84 Å². The topological polar surface area (TPSA) is 83.5 Å². The van der Waals surface area contributed by atoms with Gasteiger partial charge >= 0.3 is 0 Å². The van der Waals surface area contributed by atoms with Gasteiger partial charge in [-0.2, -0.15) is 0 Å². The van der Waals surface area contributed by atoms with Crippen LogP contribution >= 0.6 is 0 Å². The smallest absolute Gasteiger partial charge is 0.272 e. The highest BCUT2D eigenvalue weighted by molar-refractivity contribution is 7.91. The number of benzene rings is 1. The molecule has 144 valence electrons. The molecule has 1 aromatic heterocycles. The fraction of sp³-hybridized carbons (Fsp3) is 0.421. The molecule has 2 heterocycles. The Morgan fingerprint density at radius 1 is 1.22 bits per heavy atom. The molecule has 0 aliphatic carbocycles. The summed E-state index contributed by atoms with van der Waals surface area (Å²) in [6.45, 7) is 2.95. The highest BCUT2D eigenvalue weighted by Gasteiger charge is 2.34. The zero-order valence-electron chi connectivity index (χ0n) is 15.6. The van der Waals surface area contributed by atoms with Crippen LogP contribution in [-0.4, -0.2) is 60.3 Å². The minimum absolute atomic E-state index is 0.0262. The molecule has 1 atom stereocenters. The molecular weight excluding hydrogens is 364 g/mol. The summed E-state index contributed by atoms with van der Waals surface area (Å²) in [5.74, 6) is 0.554. The van der Waals surface area contributed by atoms with Crippen LogP contribution < -0.4 is 4.90 Å². The summed E-state index contributed by atoms with van der Waals surface area (Å²) >= 11 is 0. The number of hydrogen-bond acceptors (Lipinski definition) is 6. The molecule has 1 saturated heterocycles. The van der Waals surface area contributed by atoms with Gasteiger partial charge in [0.15, 0.2) is 9.84 Å². The first kappa shape index (κ1) is 19.3. The van der Waals surface area contributed by atoms with E-state index in [-0.39, 0.29) is 29.1 Å². The van der Waals surface area contributed by atoms with E-state index in [1.807, 2.05) is 49.2 Å². The van der Waals surface area contributed by atoms with Gasteiger partial charge in [-0.15, -0.1) is 0 Å². The third-order valence-corrected chi connectivity index (χ3v) is 6.53. The number of aromatic nitrogens is 2. The predicted octanol–water partition coefficient (Wildman–Crippen LogP) is 1.76. The largest absolute Gasteiger partial charge is 0.355 e. The van der Waals surface area contributed by atoms with Crippen LogP contribution in [0.3, 0.4) is 0 Å². The Morgan fingerprint density at radius 3 is 2.59 bits per heavy atom. The lowest BCUT2D eigenvalue weighted by atomic mass is 10.2. The molecule has 1 amide bonds. The van der Waals surface area contributed by atoms with Crippen molar-refractivity contribution in [3.05, 3.63) is 54.0 Å². The van der Waals surface area contributed by atoms with Gasteiger partial charge in [0, 0.05) is 32.2 Å². The van der Waals surface area contributed by atoms with E-state index in [2.05, 4.69) is 9.97 Å². The lowest BCUT2D eigenvalue weighted by Gasteiger charge is -2.27. The molecule has 7 nitrogen and oxygen atoms in total. The summed E-state index contributed by atoms with van der Waals surface area (Å²) in [5.41, 5.74) is 1.42. The van der Waals surface area contributed by atoms with Gasteiger partial charge in [-0.1, -0.05) is 30.3 Å². The Bertz CT molecular complexity index is 902. The normalized spacial score (nSPS) is 18.2. The highest BCUT2D eigenvalue weighted by atomic mass is 32.2. The van der Waals surface area contributed by atoms with E-state index in [0.29, 0.717) is 25.3 Å². The van der Waals surface area contributed by atoms with Crippen LogP contribution in [0, 0.1) is 0 Å². The maximum absolute atomic E-state index is 12.9. The van der Waals surface area contributed by atoms with Gasteiger partial charge < -0.3 is 9.80 Å². The van der Waals surface area contributed by atoms with Crippen molar-refractivity contribution < 1.29 is 13.2 Å². The van der Waals surface area contributed by atoms with Crippen molar-refractivity contribution in [1.82, 2.24) is 14.9 Å². The molecule has 0 saturated carbocycles. The maximum atomic E-state index is 12.9. The van der Waals surface area contributed by atoms with Crippen LogP contribution in [0.4, 0.5) is 5.82 Å². The molecule has 27 heavy (non-hydrogen) atoms. The van der Waals surface area contributed by atoms with E-state index in [4.69, 9.17) is 0 Å². The summed E-state index contributed by atoms with van der Waals surface area (Å²) < 4.78 is 23.5. The fourth-order valence-corrected chi connectivity index (χ4v) is 5.08. The first-order chi connectivity index (χ1) is 12.9. The summed E-state index contributed by atoms with van der Waals surface area (Å²) in [6, 6.07) is 11.4. The van der Waals surface area contributed by atoms with Crippen molar-refractivity contribution in [1.29, 1.82) is 0 Å². The van der Waals surface area contributed by atoms with E-state index in [1.165, 1.54) is 6.33 Å². The summed E-state index contributed by atoms with van der Waals surface area (Å²) in [6.07, 6.45) is 1.86. The van der Waals surface area contributed by atoms with Crippen LogP contribution in [0.5, 0.6) is 0 Å². The minimum atomic E-state index is -3.06. The van der Waals surface area contributed by atoms with Crippen molar-refractivity contribution >= 4 is 21.6 Å². The molecule has 3 rings (SSSR count). The second-order valence-corrected chi connectivity index (χ2v) is 8.98. The molecule has 2 aromatic rings. The lowest BCUT2D eigenvalue weighted by Crippen LogP contribution is -2.41. The third kappa shape index (κ3) is 4.63. The number of carbonyl (C=O) groups is 1. The van der Waals surface area contributed by atoms with Crippen LogP contribution in [0.1, 0.15) is 29.4 Å². The standard InChI is InChI=1S/C19H24N4O3S/c1-3-23(16-9-10-27(25,26)13-16)19(24)17-11-18(21-14-20-17)22(2)12-15-7-5-4-6-8-15/h4-8,11,14,16H,3,9-10,12-13H2,1-2H3. The number of carbonyl (C=O) groups excluding carboxylic acids is 1. The Balaban J connectivity index is 1.76. The number of nitrogens with zero attached hydrogens (tertiary/aromatic N) is 4. The molecule has 0 bridgehead atoms. The van der Waals surface area contributed by atoms with Crippen LogP contribution in [0.15, 0.2) is 42.7 Å². The second kappa shape index (κ2) is 8.04. The fourth-order valence-electron chi connectivity index (χ4n) is 3.35. The molecule has 0 N–H and O–H groups in total. The van der Waals surface area contributed by atoms with Gasteiger partial charge in [0.1, 0.15) is 17.8 Å². The van der Waals surface area contributed by atoms with Crippen molar-refractivity contribution in [3.63, 3.8) is 0 Å². The van der Waals surface area contributed by atoms with E-state index in [0.717, 1.165) is 5.56 Å². The average molecular weight is 388 g/mol. The van der Waals surface area contributed by atoms with E-state index in [9.17, 15) is 13.2 Å². The summed E-state index contributed by atoms with van der Waals surface area (Å²) in [4.78, 5) is 24.9. The molecule has 0 spiro atoms. The van der Waals surface area contributed by atoms with Crippen molar-refractivity contribution in [2.24, 2.45) is 0 Å². The Morgan fingerprint density at radius 2 is 1.96 bits per heavy atom. The Labute approximate surface area is 160 Å². The van der Waals surface area contributed by atoms with Gasteiger partial charge in [0.25, 0.3) is 5.91 Å². The Hall–Kier alpha value is -2.48. The number of sulfone groups is 1. The average Bonchev–Trinajstić information content (AvgIpc) is 3.02. The molecule has 8 heteroatoms. The zero-order valence-corrected chi connectivity index (χ0v) is 16.4. The van der Waals surface area contributed by atoms with Crippen molar-refractivity contribution in [3.8, 4) is 0 Å². The Kier molecular flexibility index (Phi) is 5.74. The number of hydrogen-bond donors (Lipinski definition) is 0. The van der Waals surface area contributed by atoms with E-state index in [1.54, 1.807) is 11.0 Å². The molecule has 1 aromatic carbocycles. The summed E-state index contributed by atoms with van der Waals surface area (Å²) in [5, 5.41) is 0. The lowest BCUT2D eigenvalue weighted by molar-refractivity contribution is 0.0702. The van der Waals surface area contributed by atoms with Gasteiger partial charge in [0.2, 0.25) is 0 Å². The summed E-state index contributed by atoms with van der Waals surface area (Å²) in [7, 11) is -1.15. The molecule has 1 unspecified atom stereocenters. The minimum Gasteiger partial charge on any atom is -0.355 e.